The number of aromatic nitrogens is 4. The molecule has 78 valence electrons. The molecule has 6 heteroatoms. The lowest BCUT2D eigenvalue weighted by molar-refractivity contribution is 0.799. The summed E-state index contributed by atoms with van der Waals surface area (Å²) in [5.41, 5.74) is 1.67. The average Bonchev–Trinajstić information content (AvgIpc) is 2.46. The lowest BCUT2D eigenvalue weighted by atomic mass is 10.4. The van der Waals surface area contributed by atoms with Crippen molar-refractivity contribution in [2.45, 2.75) is 13.8 Å². The second-order valence-corrected chi connectivity index (χ2v) is 4.29. The van der Waals surface area contributed by atoms with Gasteiger partial charge in [0.25, 0.3) is 0 Å². The quantitative estimate of drug-likeness (QED) is 0.758. The SMILES string of the molecule is Cc1nn(-c2cc(Br)ncn2)c(C)c1Cl. The first-order valence-corrected chi connectivity index (χ1v) is 5.46. The molecule has 0 aliphatic rings. The van der Waals surface area contributed by atoms with Crippen LogP contribution in [0.4, 0.5) is 0 Å². The number of hydrogen-bond acceptors (Lipinski definition) is 3. The Hall–Kier alpha value is -0.940. The molecule has 2 aromatic heterocycles. The molecule has 0 aliphatic heterocycles. The summed E-state index contributed by atoms with van der Waals surface area (Å²) in [7, 11) is 0. The van der Waals surface area contributed by atoms with Gasteiger partial charge in [0.1, 0.15) is 10.9 Å². The lowest BCUT2D eigenvalue weighted by Crippen LogP contribution is -2.02. The van der Waals surface area contributed by atoms with Gasteiger partial charge in [-0.2, -0.15) is 5.10 Å². The minimum atomic E-state index is 0.671. The van der Waals surface area contributed by atoms with Gasteiger partial charge in [-0.15, -0.1) is 0 Å². The van der Waals surface area contributed by atoms with Gasteiger partial charge in [0.15, 0.2) is 5.82 Å². The molecule has 2 heterocycles. The van der Waals surface area contributed by atoms with Gasteiger partial charge in [-0.05, 0) is 29.8 Å². The molecule has 0 spiro atoms. The van der Waals surface area contributed by atoms with Crippen LogP contribution in [0, 0.1) is 13.8 Å². The summed E-state index contributed by atoms with van der Waals surface area (Å²) in [5, 5.41) is 4.97. The Morgan fingerprint density at radius 1 is 1.33 bits per heavy atom. The van der Waals surface area contributed by atoms with E-state index in [4.69, 9.17) is 11.6 Å². The third-order valence-electron chi connectivity index (χ3n) is 2.04. The van der Waals surface area contributed by atoms with Crippen LogP contribution >= 0.6 is 27.5 Å². The van der Waals surface area contributed by atoms with Crippen molar-refractivity contribution in [3.05, 3.63) is 33.4 Å². The molecule has 0 saturated carbocycles. The maximum atomic E-state index is 6.05. The predicted molar refractivity (Wildman–Crippen MR) is 61.3 cm³/mol. The van der Waals surface area contributed by atoms with Gasteiger partial charge in [-0.3, -0.25) is 0 Å². The van der Waals surface area contributed by atoms with Gasteiger partial charge in [-0.25, -0.2) is 14.6 Å². The number of halogens is 2. The Bertz CT molecular complexity index is 509. The lowest BCUT2D eigenvalue weighted by Gasteiger charge is -2.02. The van der Waals surface area contributed by atoms with E-state index in [9.17, 15) is 0 Å². The summed E-state index contributed by atoms with van der Waals surface area (Å²) < 4.78 is 2.42. The van der Waals surface area contributed by atoms with E-state index in [1.165, 1.54) is 6.33 Å². The maximum Gasteiger partial charge on any atom is 0.158 e. The smallest absolute Gasteiger partial charge is 0.158 e. The van der Waals surface area contributed by atoms with Crippen LogP contribution in [0.25, 0.3) is 5.82 Å². The Labute approximate surface area is 100 Å². The predicted octanol–water partition coefficient (Wildman–Crippen LogP) is 2.70. The van der Waals surface area contributed by atoms with Gasteiger partial charge in [0.2, 0.25) is 0 Å². The third kappa shape index (κ3) is 1.89. The summed E-state index contributed by atoms with van der Waals surface area (Å²) in [4.78, 5) is 8.08. The fourth-order valence-electron chi connectivity index (χ4n) is 1.29. The standard InChI is InChI=1S/C9H8BrClN4/c1-5-9(11)6(2)15(14-5)8-3-7(10)12-4-13-8/h3-4H,1-2H3. The minimum Gasteiger partial charge on any atom is -0.229 e. The first kappa shape index (κ1) is 10.6. The molecule has 2 aromatic rings. The highest BCUT2D eigenvalue weighted by molar-refractivity contribution is 9.10. The van der Waals surface area contributed by atoms with E-state index in [-0.39, 0.29) is 0 Å². The number of aryl methyl sites for hydroxylation is 1. The molecule has 0 atom stereocenters. The van der Waals surface area contributed by atoms with Gasteiger partial charge < -0.3 is 0 Å². The Balaban J connectivity index is 2.59. The zero-order chi connectivity index (χ0) is 11.0. The molecule has 0 amide bonds. The molecule has 0 unspecified atom stereocenters. The first-order chi connectivity index (χ1) is 7.09. The monoisotopic (exact) mass is 286 g/mol. The highest BCUT2D eigenvalue weighted by atomic mass is 79.9. The molecule has 0 radical (unpaired) electrons. The van der Waals surface area contributed by atoms with Crippen LogP contribution in [0.5, 0.6) is 0 Å². The van der Waals surface area contributed by atoms with Crippen LogP contribution in [0.3, 0.4) is 0 Å². The van der Waals surface area contributed by atoms with Crippen LogP contribution in [0.1, 0.15) is 11.4 Å². The van der Waals surface area contributed by atoms with Crippen molar-refractivity contribution in [3.63, 3.8) is 0 Å². The van der Waals surface area contributed by atoms with Crippen molar-refractivity contribution in [1.29, 1.82) is 0 Å². The summed E-state index contributed by atoms with van der Waals surface area (Å²) in [6.07, 6.45) is 1.48. The van der Waals surface area contributed by atoms with Crippen LogP contribution in [-0.4, -0.2) is 19.7 Å². The van der Waals surface area contributed by atoms with Crippen molar-refractivity contribution in [2.75, 3.05) is 0 Å². The zero-order valence-corrected chi connectivity index (χ0v) is 10.5. The Kier molecular flexibility index (Phi) is 2.75. The first-order valence-electron chi connectivity index (χ1n) is 4.29. The molecule has 15 heavy (non-hydrogen) atoms. The van der Waals surface area contributed by atoms with Crippen LogP contribution in [0.15, 0.2) is 17.0 Å². The number of nitrogens with zero attached hydrogens (tertiary/aromatic N) is 4. The van der Waals surface area contributed by atoms with Crippen molar-refractivity contribution >= 4 is 27.5 Å². The van der Waals surface area contributed by atoms with E-state index in [1.807, 2.05) is 13.8 Å². The maximum absolute atomic E-state index is 6.05. The molecule has 2 rings (SSSR count). The van der Waals surface area contributed by atoms with E-state index in [2.05, 4.69) is 31.0 Å². The molecule has 0 fully saturated rings. The summed E-state index contributed by atoms with van der Waals surface area (Å²) >= 11 is 9.33. The van der Waals surface area contributed by atoms with E-state index in [1.54, 1.807) is 10.7 Å². The normalized spacial score (nSPS) is 10.7. The minimum absolute atomic E-state index is 0.671. The molecule has 0 saturated heterocycles. The number of rotatable bonds is 1. The van der Waals surface area contributed by atoms with Crippen molar-refractivity contribution in [3.8, 4) is 5.82 Å². The Morgan fingerprint density at radius 3 is 2.60 bits per heavy atom. The summed E-state index contributed by atoms with van der Waals surface area (Å²) in [5.74, 6) is 0.698. The summed E-state index contributed by atoms with van der Waals surface area (Å²) in [6, 6.07) is 1.79. The molecular weight excluding hydrogens is 279 g/mol. The zero-order valence-electron chi connectivity index (χ0n) is 8.20. The Morgan fingerprint density at radius 2 is 2.07 bits per heavy atom. The largest absolute Gasteiger partial charge is 0.229 e. The second-order valence-electron chi connectivity index (χ2n) is 3.10. The van der Waals surface area contributed by atoms with Gasteiger partial charge in [0.05, 0.1) is 16.4 Å². The second kappa shape index (κ2) is 3.90. The van der Waals surface area contributed by atoms with E-state index >= 15 is 0 Å². The highest BCUT2D eigenvalue weighted by Crippen LogP contribution is 2.21. The van der Waals surface area contributed by atoms with Crippen molar-refractivity contribution in [1.82, 2.24) is 19.7 Å². The van der Waals surface area contributed by atoms with Gasteiger partial charge in [-0.1, -0.05) is 11.6 Å². The summed E-state index contributed by atoms with van der Waals surface area (Å²) in [6.45, 7) is 3.76. The molecule has 0 aromatic carbocycles. The fourth-order valence-corrected chi connectivity index (χ4v) is 1.70. The fraction of sp³-hybridized carbons (Fsp3) is 0.222. The van der Waals surface area contributed by atoms with Crippen LogP contribution < -0.4 is 0 Å². The topological polar surface area (TPSA) is 43.6 Å². The molecule has 0 bridgehead atoms. The van der Waals surface area contributed by atoms with Gasteiger partial charge >= 0.3 is 0 Å². The van der Waals surface area contributed by atoms with Gasteiger partial charge in [0, 0.05) is 6.07 Å². The van der Waals surface area contributed by atoms with Crippen molar-refractivity contribution in [2.24, 2.45) is 0 Å². The average molecular weight is 288 g/mol. The molecular formula is C9H8BrClN4. The number of hydrogen-bond donors (Lipinski definition) is 0. The molecule has 4 nitrogen and oxygen atoms in total. The van der Waals surface area contributed by atoms with Crippen LogP contribution in [0.2, 0.25) is 5.02 Å². The third-order valence-corrected chi connectivity index (χ3v) is 3.02. The van der Waals surface area contributed by atoms with Crippen molar-refractivity contribution < 1.29 is 0 Å². The van der Waals surface area contributed by atoms with E-state index in [0.717, 1.165) is 16.0 Å². The van der Waals surface area contributed by atoms with E-state index < -0.39 is 0 Å². The molecule has 0 aliphatic carbocycles. The van der Waals surface area contributed by atoms with E-state index in [0.29, 0.717) is 10.8 Å². The highest BCUT2D eigenvalue weighted by Gasteiger charge is 2.11. The van der Waals surface area contributed by atoms with Crippen LogP contribution in [-0.2, 0) is 0 Å². The molecule has 0 N–H and O–H groups in total.